The highest BCUT2D eigenvalue weighted by atomic mass is 16.5. The standard InChI is InChI=1S/C9H14N2O2/c1-2-8(5-10)11-9(12)7-3-4-13-6-7/h7-8H,2-4,6H2,1H3,(H,11,12)/t7?,8-/m0/s1. The molecule has 4 nitrogen and oxygen atoms in total. The third-order valence-electron chi connectivity index (χ3n) is 2.18. The Kier molecular flexibility index (Phi) is 3.71. The summed E-state index contributed by atoms with van der Waals surface area (Å²) in [5.74, 6) is -0.103. The zero-order chi connectivity index (χ0) is 9.68. The lowest BCUT2D eigenvalue weighted by Crippen LogP contribution is -2.37. The molecule has 1 aliphatic rings. The first-order valence-electron chi connectivity index (χ1n) is 4.55. The summed E-state index contributed by atoms with van der Waals surface area (Å²) in [6, 6.07) is 1.68. The first kappa shape index (κ1) is 10.0. The van der Waals surface area contributed by atoms with Crippen molar-refractivity contribution in [3.63, 3.8) is 0 Å². The molecule has 1 N–H and O–H groups in total. The van der Waals surface area contributed by atoms with E-state index in [4.69, 9.17) is 10.00 Å². The van der Waals surface area contributed by atoms with Gasteiger partial charge in [-0.3, -0.25) is 4.79 Å². The van der Waals surface area contributed by atoms with Gasteiger partial charge in [0.2, 0.25) is 5.91 Å². The van der Waals surface area contributed by atoms with E-state index in [0.717, 1.165) is 6.42 Å². The Labute approximate surface area is 77.9 Å². The maximum absolute atomic E-state index is 11.4. The first-order chi connectivity index (χ1) is 6.27. The highest BCUT2D eigenvalue weighted by molar-refractivity contribution is 5.79. The van der Waals surface area contributed by atoms with Gasteiger partial charge in [0.1, 0.15) is 6.04 Å². The smallest absolute Gasteiger partial charge is 0.226 e. The molecule has 13 heavy (non-hydrogen) atoms. The van der Waals surface area contributed by atoms with Crippen LogP contribution >= 0.6 is 0 Å². The first-order valence-corrected chi connectivity index (χ1v) is 4.55. The van der Waals surface area contributed by atoms with E-state index in [2.05, 4.69) is 5.32 Å². The number of rotatable bonds is 3. The number of amides is 1. The van der Waals surface area contributed by atoms with Crippen molar-refractivity contribution in [3.05, 3.63) is 0 Å². The van der Waals surface area contributed by atoms with Crippen LogP contribution in [0.3, 0.4) is 0 Å². The van der Waals surface area contributed by atoms with Crippen molar-refractivity contribution in [2.24, 2.45) is 5.92 Å². The molecule has 0 saturated carbocycles. The SMILES string of the molecule is CC[C@@H](C#N)NC(=O)C1CCOC1. The second-order valence-electron chi connectivity index (χ2n) is 3.16. The molecule has 1 unspecified atom stereocenters. The molecule has 0 bridgehead atoms. The zero-order valence-electron chi connectivity index (χ0n) is 7.75. The highest BCUT2D eigenvalue weighted by Gasteiger charge is 2.24. The van der Waals surface area contributed by atoms with Crippen LogP contribution in [0.25, 0.3) is 0 Å². The van der Waals surface area contributed by atoms with Crippen molar-refractivity contribution in [3.8, 4) is 6.07 Å². The Balaban J connectivity index is 2.35. The summed E-state index contributed by atoms with van der Waals surface area (Å²) >= 11 is 0. The summed E-state index contributed by atoms with van der Waals surface area (Å²) in [7, 11) is 0. The number of nitriles is 1. The van der Waals surface area contributed by atoms with E-state index in [-0.39, 0.29) is 17.9 Å². The van der Waals surface area contributed by atoms with Gasteiger partial charge in [0.25, 0.3) is 0 Å². The average Bonchev–Trinajstić information content (AvgIpc) is 2.66. The van der Waals surface area contributed by atoms with Crippen molar-refractivity contribution >= 4 is 5.91 Å². The molecule has 72 valence electrons. The number of carbonyl (C=O) groups is 1. The third-order valence-corrected chi connectivity index (χ3v) is 2.18. The quantitative estimate of drug-likeness (QED) is 0.689. The van der Waals surface area contributed by atoms with Gasteiger partial charge in [-0.1, -0.05) is 6.92 Å². The monoisotopic (exact) mass is 182 g/mol. The van der Waals surface area contributed by atoms with E-state index in [1.165, 1.54) is 0 Å². The molecule has 0 spiro atoms. The van der Waals surface area contributed by atoms with Crippen LogP contribution in [0.5, 0.6) is 0 Å². The van der Waals surface area contributed by atoms with Crippen molar-refractivity contribution in [2.45, 2.75) is 25.8 Å². The van der Waals surface area contributed by atoms with Gasteiger partial charge in [-0.15, -0.1) is 0 Å². The molecule has 0 aromatic heterocycles. The fraction of sp³-hybridized carbons (Fsp3) is 0.778. The predicted molar refractivity (Wildman–Crippen MR) is 46.8 cm³/mol. The molecule has 1 aliphatic heterocycles. The lowest BCUT2D eigenvalue weighted by Gasteiger charge is -2.12. The van der Waals surface area contributed by atoms with Crippen LogP contribution in [0.4, 0.5) is 0 Å². The Morgan fingerprint density at radius 2 is 2.62 bits per heavy atom. The van der Waals surface area contributed by atoms with Gasteiger partial charge in [-0.2, -0.15) is 5.26 Å². The fourth-order valence-corrected chi connectivity index (χ4v) is 1.26. The predicted octanol–water partition coefficient (Wildman–Crippen LogP) is 0.441. The molecule has 0 aromatic rings. The minimum Gasteiger partial charge on any atom is -0.381 e. The van der Waals surface area contributed by atoms with Gasteiger partial charge >= 0.3 is 0 Å². The molecule has 1 saturated heterocycles. The molecule has 1 amide bonds. The van der Waals surface area contributed by atoms with Crippen LogP contribution < -0.4 is 5.32 Å². The molecular formula is C9H14N2O2. The largest absolute Gasteiger partial charge is 0.381 e. The highest BCUT2D eigenvalue weighted by Crippen LogP contribution is 2.12. The summed E-state index contributed by atoms with van der Waals surface area (Å²) in [6.07, 6.45) is 1.42. The normalized spacial score (nSPS) is 23.5. The molecule has 1 fully saturated rings. The molecule has 2 atom stereocenters. The number of ether oxygens (including phenoxy) is 1. The molecule has 4 heteroatoms. The van der Waals surface area contributed by atoms with E-state index in [0.29, 0.717) is 19.6 Å². The van der Waals surface area contributed by atoms with E-state index < -0.39 is 0 Å². The Bertz CT molecular complexity index is 216. The number of nitrogens with one attached hydrogen (secondary N) is 1. The summed E-state index contributed by atoms with van der Waals surface area (Å²) in [4.78, 5) is 11.4. The van der Waals surface area contributed by atoms with E-state index in [9.17, 15) is 4.79 Å². The van der Waals surface area contributed by atoms with Crippen LogP contribution in [0.2, 0.25) is 0 Å². The van der Waals surface area contributed by atoms with E-state index in [1.807, 2.05) is 13.0 Å². The van der Waals surface area contributed by atoms with Gasteiger partial charge < -0.3 is 10.1 Å². The maximum atomic E-state index is 11.4. The molecule has 1 heterocycles. The van der Waals surface area contributed by atoms with Crippen LogP contribution in [-0.2, 0) is 9.53 Å². The van der Waals surface area contributed by atoms with Gasteiger partial charge in [0.05, 0.1) is 18.6 Å². The van der Waals surface area contributed by atoms with Gasteiger partial charge in [-0.05, 0) is 12.8 Å². The summed E-state index contributed by atoms with van der Waals surface area (Å²) in [5.41, 5.74) is 0. The topological polar surface area (TPSA) is 62.1 Å². The zero-order valence-corrected chi connectivity index (χ0v) is 7.75. The molecule has 0 radical (unpaired) electrons. The third kappa shape index (κ3) is 2.71. The Morgan fingerprint density at radius 3 is 3.08 bits per heavy atom. The average molecular weight is 182 g/mol. The fourth-order valence-electron chi connectivity index (χ4n) is 1.26. The minimum absolute atomic E-state index is 0.0501. The van der Waals surface area contributed by atoms with E-state index >= 15 is 0 Å². The summed E-state index contributed by atoms with van der Waals surface area (Å²) < 4.78 is 5.08. The maximum Gasteiger partial charge on any atom is 0.226 e. The van der Waals surface area contributed by atoms with Gasteiger partial charge in [-0.25, -0.2) is 0 Å². The minimum atomic E-state index is -0.354. The summed E-state index contributed by atoms with van der Waals surface area (Å²) in [6.45, 7) is 3.02. The summed E-state index contributed by atoms with van der Waals surface area (Å²) in [5, 5.41) is 11.3. The van der Waals surface area contributed by atoms with Crippen LogP contribution in [0.15, 0.2) is 0 Å². The van der Waals surface area contributed by atoms with Crippen molar-refractivity contribution in [2.75, 3.05) is 13.2 Å². The Morgan fingerprint density at radius 1 is 1.85 bits per heavy atom. The van der Waals surface area contributed by atoms with Crippen molar-refractivity contribution < 1.29 is 9.53 Å². The molecule has 1 rings (SSSR count). The van der Waals surface area contributed by atoms with Gasteiger partial charge in [0.15, 0.2) is 0 Å². The number of hydrogen-bond donors (Lipinski definition) is 1. The van der Waals surface area contributed by atoms with Crippen LogP contribution in [0.1, 0.15) is 19.8 Å². The number of carbonyl (C=O) groups excluding carboxylic acids is 1. The Hall–Kier alpha value is -1.08. The lowest BCUT2D eigenvalue weighted by molar-refractivity contribution is -0.125. The molecule has 0 aliphatic carbocycles. The second-order valence-corrected chi connectivity index (χ2v) is 3.16. The van der Waals surface area contributed by atoms with E-state index in [1.54, 1.807) is 0 Å². The number of hydrogen-bond acceptors (Lipinski definition) is 3. The number of nitrogens with zero attached hydrogens (tertiary/aromatic N) is 1. The second kappa shape index (κ2) is 4.83. The van der Waals surface area contributed by atoms with Crippen molar-refractivity contribution in [1.82, 2.24) is 5.32 Å². The molecule has 0 aromatic carbocycles. The van der Waals surface area contributed by atoms with Gasteiger partial charge in [0, 0.05) is 6.61 Å². The van der Waals surface area contributed by atoms with Crippen LogP contribution in [0, 0.1) is 17.2 Å². The lowest BCUT2D eigenvalue weighted by atomic mass is 10.1. The van der Waals surface area contributed by atoms with Crippen LogP contribution in [-0.4, -0.2) is 25.2 Å². The molecular weight excluding hydrogens is 168 g/mol. The van der Waals surface area contributed by atoms with Crippen molar-refractivity contribution in [1.29, 1.82) is 5.26 Å².